The molecule has 5 nitrogen and oxygen atoms in total. The minimum atomic E-state index is -0.514. The summed E-state index contributed by atoms with van der Waals surface area (Å²) in [7, 11) is 0. The molecule has 0 saturated heterocycles. The van der Waals surface area contributed by atoms with Crippen molar-refractivity contribution in [3.05, 3.63) is 97.9 Å². The highest BCUT2D eigenvalue weighted by Gasteiger charge is 2.16. The van der Waals surface area contributed by atoms with E-state index in [4.69, 9.17) is 23.2 Å². The van der Waals surface area contributed by atoms with Crippen molar-refractivity contribution in [2.24, 2.45) is 0 Å². The fourth-order valence-corrected chi connectivity index (χ4v) is 3.14. The van der Waals surface area contributed by atoms with Crippen LogP contribution >= 0.6 is 23.2 Å². The van der Waals surface area contributed by atoms with Gasteiger partial charge in [-0.15, -0.1) is 0 Å². The third-order valence-electron chi connectivity index (χ3n) is 4.03. The fraction of sp³-hybridized carbons (Fsp3) is 0. The van der Waals surface area contributed by atoms with E-state index in [-0.39, 0.29) is 0 Å². The Hall–Kier alpha value is -2.89. The van der Waals surface area contributed by atoms with Gasteiger partial charge in [-0.05, 0) is 42.5 Å². The quantitative estimate of drug-likeness (QED) is 0.528. The molecule has 0 spiro atoms. The van der Waals surface area contributed by atoms with Gasteiger partial charge in [0.05, 0.1) is 38.5 Å². The van der Waals surface area contributed by atoms with Crippen molar-refractivity contribution in [1.29, 1.82) is 0 Å². The van der Waals surface area contributed by atoms with E-state index in [1.165, 1.54) is 10.8 Å². The molecule has 2 aromatic heterocycles. The van der Waals surface area contributed by atoms with Crippen LogP contribution in [0.1, 0.15) is 0 Å². The molecule has 0 radical (unpaired) electrons. The maximum atomic E-state index is 13.2. The molecular weight excluding hydrogens is 373 g/mol. The van der Waals surface area contributed by atoms with Crippen molar-refractivity contribution < 1.29 is 0 Å². The second-order valence-electron chi connectivity index (χ2n) is 5.59. The lowest BCUT2D eigenvalue weighted by molar-refractivity contribution is 0.831. The monoisotopic (exact) mass is 383 g/mol. The smallest absolute Gasteiger partial charge is 0.268 e. The number of aromatic nitrogens is 3. The van der Waals surface area contributed by atoms with Crippen LogP contribution in [0.25, 0.3) is 22.3 Å². The van der Waals surface area contributed by atoms with Gasteiger partial charge in [0, 0.05) is 6.20 Å². The predicted octanol–water partition coefficient (Wildman–Crippen LogP) is 3.84. The van der Waals surface area contributed by atoms with Gasteiger partial charge in [-0.2, -0.15) is 0 Å². The van der Waals surface area contributed by atoms with Gasteiger partial charge in [-0.3, -0.25) is 14.3 Å². The van der Waals surface area contributed by atoms with Gasteiger partial charge in [-0.1, -0.05) is 35.3 Å². The maximum absolute atomic E-state index is 13.2. The highest BCUT2D eigenvalue weighted by molar-refractivity contribution is 6.42. The number of rotatable bonds is 2. The molecule has 0 N–H and O–H groups in total. The van der Waals surface area contributed by atoms with Gasteiger partial charge in [-0.25, -0.2) is 9.36 Å². The summed E-state index contributed by atoms with van der Waals surface area (Å²) in [5, 5.41) is 1.11. The average Bonchev–Trinajstić information content (AvgIpc) is 2.66. The Morgan fingerprint density at radius 3 is 2.35 bits per heavy atom. The molecule has 26 heavy (non-hydrogen) atoms. The number of halogens is 2. The van der Waals surface area contributed by atoms with Gasteiger partial charge in [0.15, 0.2) is 0 Å². The molecule has 7 heteroatoms. The van der Waals surface area contributed by atoms with E-state index in [1.807, 2.05) is 0 Å². The summed E-state index contributed by atoms with van der Waals surface area (Å²) in [4.78, 5) is 30.2. The summed E-state index contributed by atoms with van der Waals surface area (Å²) in [5.74, 6) is 0. The van der Waals surface area contributed by atoms with Crippen molar-refractivity contribution >= 4 is 34.1 Å². The van der Waals surface area contributed by atoms with Gasteiger partial charge >= 0.3 is 5.69 Å². The lowest BCUT2D eigenvalue weighted by atomic mass is 10.2. The Kier molecular flexibility index (Phi) is 4.11. The van der Waals surface area contributed by atoms with E-state index in [0.29, 0.717) is 32.3 Å². The van der Waals surface area contributed by atoms with E-state index >= 15 is 0 Å². The molecule has 0 unspecified atom stereocenters. The summed E-state index contributed by atoms with van der Waals surface area (Å²) >= 11 is 12.1. The van der Waals surface area contributed by atoms with Crippen molar-refractivity contribution in [2.45, 2.75) is 0 Å². The van der Waals surface area contributed by atoms with Crippen molar-refractivity contribution in [3.63, 3.8) is 0 Å². The Morgan fingerprint density at radius 2 is 1.62 bits per heavy atom. The average molecular weight is 384 g/mol. The van der Waals surface area contributed by atoms with Gasteiger partial charge in [0.1, 0.15) is 0 Å². The minimum Gasteiger partial charge on any atom is -0.268 e. The van der Waals surface area contributed by atoms with Crippen LogP contribution in [0.2, 0.25) is 10.0 Å². The number of nitrogens with zero attached hydrogens (tertiary/aromatic N) is 3. The summed E-state index contributed by atoms with van der Waals surface area (Å²) in [6, 6.07) is 15.1. The molecule has 2 heterocycles. The zero-order valence-corrected chi connectivity index (χ0v) is 14.8. The lowest BCUT2D eigenvalue weighted by Crippen LogP contribution is -2.38. The molecule has 0 fully saturated rings. The molecule has 0 amide bonds. The molecule has 128 valence electrons. The van der Waals surface area contributed by atoms with Crippen LogP contribution in [0.3, 0.4) is 0 Å². The van der Waals surface area contributed by atoms with E-state index in [2.05, 4.69) is 4.98 Å². The molecule has 0 aliphatic rings. The molecule has 0 atom stereocenters. The number of hydrogen-bond acceptors (Lipinski definition) is 3. The molecule has 0 aliphatic heterocycles. The van der Waals surface area contributed by atoms with Crippen molar-refractivity contribution in [1.82, 2.24) is 14.1 Å². The minimum absolute atomic E-state index is 0.319. The molecule has 4 aromatic rings. The number of pyridine rings is 1. The number of para-hydroxylation sites is 1. The van der Waals surface area contributed by atoms with E-state index in [1.54, 1.807) is 60.8 Å². The number of fused-ring (bicyclic) bond motifs is 1. The second kappa shape index (κ2) is 6.44. The van der Waals surface area contributed by atoms with Crippen molar-refractivity contribution in [3.8, 4) is 11.4 Å². The standard InChI is InChI=1S/C19H11Cl2N3O2/c20-15-8-7-12(10-16(15)21)23-17-6-2-1-5-14(17)18(25)24(19(23)26)13-4-3-9-22-11-13/h1-11H. The van der Waals surface area contributed by atoms with Crippen LogP contribution in [-0.2, 0) is 0 Å². The number of benzene rings is 2. The third-order valence-corrected chi connectivity index (χ3v) is 4.77. The first-order valence-corrected chi connectivity index (χ1v) is 8.46. The molecular formula is C19H11Cl2N3O2. The molecule has 2 aromatic carbocycles. The Labute approximate surface area is 157 Å². The summed E-state index contributed by atoms with van der Waals surface area (Å²) < 4.78 is 2.53. The zero-order valence-electron chi connectivity index (χ0n) is 13.3. The second-order valence-corrected chi connectivity index (χ2v) is 6.40. The highest BCUT2D eigenvalue weighted by atomic mass is 35.5. The predicted molar refractivity (Wildman–Crippen MR) is 103 cm³/mol. The van der Waals surface area contributed by atoms with Crippen LogP contribution < -0.4 is 11.2 Å². The van der Waals surface area contributed by atoms with Crippen LogP contribution in [0.15, 0.2) is 76.6 Å². The molecule has 0 saturated carbocycles. The fourth-order valence-electron chi connectivity index (χ4n) is 2.85. The molecule has 0 aliphatic carbocycles. The summed E-state index contributed by atoms with van der Waals surface area (Å²) in [5.41, 5.74) is 0.469. The van der Waals surface area contributed by atoms with Crippen LogP contribution in [0.5, 0.6) is 0 Å². The van der Waals surface area contributed by atoms with E-state index < -0.39 is 11.2 Å². The van der Waals surface area contributed by atoms with Crippen LogP contribution in [-0.4, -0.2) is 14.1 Å². The Morgan fingerprint density at radius 1 is 0.808 bits per heavy atom. The van der Waals surface area contributed by atoms with Gasteiger partial charge < -0.3 is 0 Å². The summed E-state index contributed by atoms with van der Waals surface area (Å²) in [6.45, 7) is 0. The normalized spacial score (nSPS) is 11.0. The Balaban J connectivity index is 2.18. The first-order chi connectivity index (χ1) is 12.6. The third kappa shape index (κ3) is 2.62. The lowest BCUT2D eigenvalue weighted by Gasteiger charge is -2.14. The Bertz CT molecular complexity index is 1250. The topological polar surface area (TPSA) is 56.9 Å². The van der Waals surface area contributed by atoms with Crippen LogP contribution in [0.4, 0.5) is 0 Å². The molecule has 4 rings (SSSR count). The maximum Gasteiger partial charge on any atom is 0.340 e. The van der Waals surface area contributed by atoms with Gasteiger partial charge in [0.25, 0.3) is 5.56 Å². The van der Waals surface area contributed by atoms with Crippen molar-refractivity contribution in [2.75, 3.05) is 0 Å². The van der Waals surface area contributed by atoms with E-state index in [9.17, 15) is 9.59 Å². The number of hydrogen-bond donors (Lipinski definition) is 0. The van der Waals surface area contributed by atoms with Gasteiger partial charge in [0.2, 0.25) is 0 Å². The SMILES string of the molecule is O=c1c2ccccc2n(-c2ccc(Cl)c(Cl)c2)c(=O)n1-c1cccnc1. The summed E-state index contributed by atoms with van der Waals surface area (Å²) in [6.07, 6.45) is 3.05. The first kappa shape index (κ1) is 16.6. The highest BCUT2D eigenvalue weighted by Crippen LogP contribution is 2.25. The zero-order chi connectivity index (χ0) is 18.3. The molecule has 0 bridgehead atoms. The van der Waals surface area contributed by atoms with Crippen LogP contribution in [0, 0.1) is 0 Å². The van der Waals surface area contributed by atoms with E-state index in [0.717, 1.165) is 4.57 Å². The largest absolute Gasteiger partial charge is 0.340 e. The first-order valence-electron chi connectivity index (χ1n) is 7.70.